The summed E-state index contributed by atoms with van der Waals surface area (Å²) in [5.41, 5.74) is 1.35. The summed E-state index contributed by atoms with van der Waals surface area (Å²) in [7, 11) is 0. The van der Waals surface area contributed by atoms with Crippen LogP contribution in [0.5, 0.6) is 11.5 Å². The van der Waals surface area contributed by atoms with Crippen molar-refractivity contribution in [3.05, 3.63) is 52.5 Å². The van der Waals surface area contributed by atoms with Gasteiger partial charge in [-0.3, -0.25) is 4.99 Å². The molecule has 0 amide bonds. The highest BCUT2D eigenvalue weighted by molar-refractivity contribution is 9.10. The van der Waals surface area contributed by atoms with Crippen LogP contribution in [0.2, 0.25) is 0 Å². The molecule has 0 aliphatic carbocycles. The summed E-state index contributed by atoms with van der Waals surface area (Å²) in [6, 6.07) is 11.9. The SMILES string of the molecule is Oc1ccc(C=Nc2ccc(Br)cc2)c(O)c1. The van der Waals surface area contributed by atoms with Gasteiger partial charge < -0.3 is 10.2 Å². The number of nitrogens with zero attached hydrogens (tertiary/aromatic N) is 1. The van der Waals surface area contributed by atoms with Crippen LogP contribution >= 0.6 is 15.9 Å². The number of aliphatic imine (C=N–C) groups is 1. The minimum atomic E-state index is 0.00543. The zero-order chi connectivity index (χ0) is 12.3. The van der Waals surface area contributed by atoms with E-state index in [1.807, 2.05) is 24.3 Å². The molecule has 3 nitrogen and oxygen atoms in total. The maximum Gasteiger partial charge on any atom is 0.128 e. The van der Waals surface area contributed by atoms with Crippen molar-refractivity contribution < 1.29 is 10.2 Å². The second kappa shape index (κ2) is 5.01. The molecule has 0 spiro atoms. The largest absolute Gasteiger partial charge is 0.508 e. The Morgan fingerprint density at radius 2 is 1.71 bits per heavy atom. The third-order valence-corrected chi connectivity index (χ3v) is 2.72. The standard InChI is InChI=1S/C13H10BrNO2/c14-10-2-4-11(5-3-10)15-8-9-1-6-12(16)7-13(9)17/h1-8,16-17H. The zero-order valence-corrected chi connectivity index (χ0v) is 10.4. The number of halogens is 1. The van der Waals surface area contributed by atoms with E-state index in [4.69, 9.17) is 5.11 Å². The Morgan fingerprint density at radius 1 is 1.00 bits per heavy atom. The average molecular weight is 292 g/mol. The second-order valence-electron chi connectivity index (χ2n) is 3.48. The molecule has 17 heavy (non-hydrogen) atoms. The molecule has 2 N–H and O–H groups in total. The smallest absolute Gasteiger partial charge is 0.128 e. The van der Waals surface area contributed by atoms with E-state index in [2.05, 4.69) is 20.9 Å². The van der Waals surface area contributed by atoms with Crippen molar-refractivity contribution in [3.8, 4) is 11.5 Å². The minimum absolute atomic E-state index is 0.00543. The topological polar surface area (TPSA) is 52.8 Å². The summed E-state index contributed by atoms with van der Waals surface area (Å²) in [6.07, 6.45) is 1.55. The molecule has 0 unspecified atom stereocenters. The number of aromatic hydroxyl groups is 2. The van der Waals surface area contributed by atoms with Gasteiger partial charge in [-0.15, -0.1) is 0 Å². The van der Waals surface area contributed by atoms with Crippen molar-refractivity contribution in [2.75, 3.05) is 0 Å². The fraction of sp³-hybridized carbons (Fsp3) is 0. The lowest BCUT2D eigenvalue weighted by Crippen LogP contribution is -1.81. The van der Waals surface area contributed by atoms with Crippen LogP contribution in [0.25, 0.3) is 0 Å². The van der Waals surface area contributed by atoms with Gasteiger partial charge in [0, 0.05) is 22.3 Å². The number of hydrogen-bond acceptors (Lipinski definition) is 3. The molecule has 0 saturated heterocycles. The van der Waals surface area contributed by atoms with Crippen molar-refractivity contribution in [3.63, 3.8) is 0 Å². The fourth-order valence-electron chi connectivity index (χ4n) is 1.31. The van der Waals surface area contributed by atoms with Gasteiger partial charge in [-0.25, -0.2) is 0 Å². The first-order chi connectivity index (χ1) is 8.15. The Balaban J connectivity index is 2.23. The van der Waals surface area contributed by atoms with Gasteiger partial charge in [0.2, 0.25) is 0 Å². The van der Waals surface area contributed by atoms with Crippen LogP contribution in [-0.4, -0.2) is 16.4 Å². The van der Waals surface area contributed by atoms with Crippen LogP contribution in [0.15, 0.2) is 51.9 Å². The molecule has 4 heteroatoms. The lowest BCUT2D eigenvalue weighted by Gasteiger charge is -1.99. The molecule has 0 aromatic heterocycles. The highest BCUT2D eigenvalue weighted by Gasteiger charge is 1.98. The molecule has 0 atom stereocenters. The maximum absolute atomic E-state index is 9.55. The lowest BCUT2D eigenvalue weighted by molar-refractivity contribution is 0.450. The molecule has 2 aromatic carbocycles. The van der Waals surface area contributed by atoms with Crippen molar-refractivity contribution in [2.45, 2.75) is 0 Å². The highest BCUT2D eigenvalue weighted by atomic mass is 79.9. The number of phenols is 2. The van der Waals surface area contributed by atoms with E-state index in [1.165, 1.54) is 12.1 Å². The lowest BCUT2D eigenvalue weighted by atomic mass is 10.2. The van der Waals surface area contributed by atoms with Gasteiger partial charge in [-0.1, -0.05) is 15.9 Å². The van der Waals surface area contributed by atoms with Crippen LogP contribution in [0.4, 0.5) is 5.69 Å². The van der Waals surface area contributed by atoms with Crippen LogP contribution < -0.4 is 0 Å². The van der Waals surface area contributed by atoms with E-state index < -0.39 is 0 Å². The Bertz CT molecular complexity index is 550. The molecule has 0 fully saturated rings. The fourth-order valence-corrected chi connectivity index (χ4v) is 1.58. The summed E-state index contributed by atoms with van der Waals surface area (Å²) in [6.45, 7) is 0. The Morgan fingerprint density at radius 3 is 2.35 bits per heavy atom. The molecule has 0 aliphatic rings. The maximum atomic E-state index is 9.55. The average Bonchev–Trinajstić information content (AvgIpc) is 2.30. The molecule has 86 valence electrons. The third kappa shape index (κ3) is 3.07. The number of hydrogen-bond donors (Lipinski definition) is 2. The van der Waals surface area contributed by atoms with Crippen LogP contribution in [0.3, 0.4) is 0 Å². The van der Waals surface area contributed by atoms with E-state index >= 15 is 0 Å². The summed E-state index contributed by atoms with van der Waals surface area (Å²) < 4.78 is 0.990. The summed E-state index contributed by atoms with van der Waals surface area (Å²) >= 11 is 3.34. The molecule has 0 bridgehead atoms. The van der Waals surface area contributed by atoms with Crippen molar-refractivity contribution in [1.29, 1.82) is 0 Å². The van der Waals surface area contributed by atoms with Gasteiger partial charge in [0.05, 0.1) is 5.69 Å². The van der Waals surface area contributed by atoms with E-state index in [0.29, 0.717) is 5.56 Å². The number of phenolic OH excluding ortho intramolecular Hbond substituents is 2. The zero-order valence-electron chi connectivity index (χ0n) is 8.84. The van der Waals surface area contributed by atoms with E-state index in [9.17, 15) is 5.11 Å². The first-order valence-electron chi connectivity index (χ1n) is 4.97. The Labute approximate surface area is 107 Å². The van der Waals surface area contributed by atoms with E-state index in [-0.39, 0.29) is 11.5 Å². The monoisotopic (exact) mass is 291 g/mol. The summed E-state index contributed by atoms with van der Waals surface area (Å²) in [5, 5.41) is 18.7. The van der Waals surface area contributed by atoms with Gasteiger partial charge >= 0.3 is 0 Å². The van der Waals surface area contributed by atoms with Gasteiger partial charge in [0.25, 0.3) is 0 Å². The summed E-state index contributed by atoms with van der Waals surface area (Å²) in [4.78, 5) is 4.22. The predicted molar refractivity (Wildman–Crippen MR) is 71.2 cm³/mol. The Kier molecular flexibility index (Phi) is 3.44. The second-order valence-corrected chi connectivity index (χ2v) is 4.39. The van der Waals surface area contributed by atoms with Gasteiger partial charge in [-0.2, -0.15) is 0 Å². The van der Waals surface area contributed by atoms with Gasteiger partial charge in [0.1, 0.15) is 11.5 Å². The van der Waals surface area contributed by atoms with Crippen LogP contribution in [-0.2, 0) is 0 Å². The molecule has 0 saturated carbocycles. The Hall–Kier alpha value is -1.81. The molecule has 2 rings (SSSR count). The normalized spacial score (nSPS) is 10.9. The highest BCUT2D eigenvalue weighted by Crippen LogP contribution is 2.22. The predicted octanol–water partition coefficient (Wildman–Crippen LogP) is 3.61. The molecule has 2 aromatic rings. The van der Waals surface area contributed by atoms with Crippen molar-refractivity contribution in [1.82, 2.24) is 0 Å². The quantitative estimate of drug-likeness (QED) is 0.831. The number of rotatable bonds is 2. The third-order valence-electron chi connectivity index (χ3n) is 2.19. The van der Waals surface area contributed by atoms with Crippen LogP contribution in [0.1, 0.15) is 5.56 Å². The molecule has 0 radical (unpaired) electrons. The number of benzene rings is 2. The van der Waals surface area contributed by atoms with Gasteiger partial charge in [0.15, 0.2) is 0 Å². The van der Waals surface area contributed by atoms with E-state index in [0.717, 1.165) is 10.2 Å². The van der Waals surface area contributed by atoms with Gasteiger partial charge in [-0.05, 0) is 36.4 Å². The minimum Gasteiger partial charge on any atom is -0.508 e. The molecular weight excluding hydrogens is 282 g/mol. The first kappa shape index (κ1) is 11.7. The molecule has 0 aliphatic heterocycles. The van der Waals surface area contributed by atoms with Crippen molar-refractivity contribution in [2.24, 2.45) is 4.99 Å². The molecular formula is C13H10BrNO2. The first-order valence-corrected chi connectivity index (χ1v) is 5.76. The van der Waals surface area contributed by atoms with Crippen molar-refractivity contribution >= 4 is 27.8 Å². The summed E-state index contributed by atoms with van der Waals surface area (Å²) in [5.74, 6) is 0.0363. The van der Waals surface area contributed by atoms with E-state index in [1.54, 1.807) is 12.3 Å². The van der Waals surface area contributed by atoms with Crippen LogP contribution in [0, 0.1) is 0 Å². The molecule has 0 heterocycles.